The smallest absolute Gasteiger partial charge is 0.353 e. The van der Waals surface area contributed by atoms with E-state index in [9.17, 15) is 4.79 Å². The summed E-state index contributed by atoms with van der Waals surface area (Å²) in [6.45, 7) is 3.50. The molecule has 2 rings (SSSR count). The molecule has 0 aliphatic rings. The Morgan fingerprint density at radius 3 is 2.34 bits per heavy atom. The average molecular weight is 404 g/mol. The van der Waals surface area contributed by atoms with Crippen molar-refractivity contribution < 1.29 is 19.2 Å². The van der Waals surface area contributed by atoms with Gasteiger partial charge in [-0.2, -0.15) is 0 Å². The summed E-state index contributed by atoms with van der Waals surface area (Å²) in [6, 6.07) is 7.40. The molecule has 0 spiro atoms. The molecule has 0 fully saturated rings. The summed E-state index contributed by atoms with van der Waals surface area (Å²) in [4.78, 5) is 27.5. The predicted molar refractivity (Wildman–Crippen MR) is 108 cm³/mol. The predicted octanol–water partition coefficient (Wildman–Crippen LogP) is 1.50. The Balaban J connectivity index is 2.29. The maximum absolute atomic E-state index is 12.4. The third-order valence-corrected chi connectivity index (χ3v) is 3.83. The molecule has 0 bridgehead atoms. The van der Waals surface area contributed by atoms with Crippen LogP contribution in [0.4, 0.5) is 0 Å². The lowest BCUT2D eigenvalue weighted by Gasteiger charge is -2.10. The van der Waals surface area contributed by atoms with Crippen molar-refractivity contribution in [1.82, 2.24) is 14.3 Å². The van der Waals surface area contributed by atoms with Crippen molar-refractivity contribution in [2.75, 3.05) is 21.3 Å². The van der Waals surface area contributed by atoms with Crippen molar-refractivity contribution in [2.45, 2.75) is 20.5 Å². The molecular formula is C18H24N6O5. The molecule has 2 aromatic rings. The van der Waals surface area contributed by atoms with Crippen LogP contribution in [0.2, 0.25) is 0 Å². The van der Waals surface area contributed by atoms with Crippen LogP contribution >= 0.6 is 0 Å². The van der Waals surface area contributed by atoms with E-state index in [0.29, 0.717) is 28.4 Å². The Morgan fingerprint density at radius 2 is 1.69 bits per heavy atom. The van der Waals surface area contributed by atoms with Crippen molar-refractivity contribution in [1.29, 1.82) is 0 Å². The van der Waals surface area contributed by atoms with Crippen molar-refractivity contribution in [3.63, 3.8) is 0 Å². The molecule has 0 saturated carbocycles. The minimum absolute atomic E-state index is 0.0960. The molecule has 11 nitrogen and oxygen atoms in total. The van der Waals surface area contributed by atoms with Gasteiger partial charge in [-0.15, -0.1) is 5.10 Å². The Labute approximate surface area is 167 Å². The van der Waals surface area contributed by atoms with Gasteiger partial charge in [-0.3, -0.25) is 0 Å². The number of nitrogens with zero attached hydrogens (tertiary/aromatic N) is 6. The van der Waals surface area contributed by atoms with E-state index in [-0.39, 0.29) is 18.3 Å². The fourth-order valence-corrected chi connectivity index (χ4v) is 2.54. The number of aryl methyl sites for hydroxylation is 1. The van der Waals surface area contributed by atoms with Gasteiger partial charge in [0.1, 0.15) is 32.2 Å². The molecule has 1 aromatic heterocycles. The molecule has 11 heteroatoms. The zero-order valence-corrected chi connectivity index (χ0v) is 17.2. The maximum atomic E-state index is 12.4. The van der Waals surface area contributed by atoms with Gasteiger partial charge < -0.3 is 19.2 Å². The molecule has 0 aliphatic heterocycles. The Kier molecular flexibility index (Phi) is 7.52. The molecular weight excluding hydrogens is 380 g/mol. The lowest BCUT2D eigenvalue weighted by Crippen LogP contribution is -2.22. The summed E-state index contributed by atoms with van der Waals surface area (Å²) >= 11 is 0. The standard InChI is InChI=1S/C18H24N6O5/c1-12(20-27-5)16(22-28-6)13(2)21-29-11-14-9-7-8-10-15(14)24-17(26-4)19-23(3)18(24)25/h7-10H,11H2,1-6H3. The van der Waals surface area contributed by atoms with Crippen LogP contribution in [0, 0.1) is 0 Å². The van der Waals surface area contributed by atoms with Crippen LogP contribution < -0.4 is 10.4 Å². The zero-order valence-electron chi connectivity index (χ0n) is 17.2. The van der Waals surface area contributed by atoms with Gasteiger partial charge in [0.15, 0.2) is 5.71 Å². The molecule has 29 heavy (non-hydrogen) atoms. The van der Waals surface area contributed by atoms with Crippen molar-refractivity contribution in [3.05, 3.63) is 40.3 Å². The summed E-state index contributed by atoms with van der Waals surface area (Å²) in [5.74, 6) is 0. The fourth-order valence-electron chi connectivity index (χ4n) is 2.54. The third kappa shape index (κ3) is 5.00. The molecule has 0 saturated heterocycles. The Bertz CT molecular complexity index is 989. The first-order chi connectivity index (χ1) is 13.9. The summed E-state index contributed by atoms with van der Waals surface area (Å²) < 4.78 is 7.78. The van der Waals surface area contributed by atoms with E-state index in [1.807, 2.05) is 12.1 Å². The fraction of sp³-hybridized carbons (Fsp3) is 0.389. The quantitative estimate of drug-likeness (QED) is 0.462. The molecule has 0 atom stereocenters. The average Bonchev–Trinajstić information content (AvgIpc) is 3.00. The van der Waals surface area contributed by atoms with Crippen LogP contribution in [0.1, 0.15) is 19.4 Å². The van der Waals surface area contributed by atoms with Crippen molar-refractivity contribution >= 4 is 17.1 Å². The van der Waals surface area contributed by atoms with E-state index in [1.54, 1.807) is 33.0 Å². The maximum Gasteiger partial charge on any atom is 0.353 e. The minimum Gasteiger partial charge on any atom is -0.467 e. The number of rotatable bonds is 9. The number of para-hydroxylation sites is 1. The highest BCUT2D eigenvalue weighted by Gasteiger charge is 2.17. The summed E-state index contributed by atoms with van der Waals surface area (Å²) in [5, 5.41) is 15.9. The Hall–Kier alpha value is -3.63. The molecule has 156 valence electrons. The molecule has 0 unspecified atom stereocenters. The zero-order chi connectivity index (χ0) is 21.4. The first kappa shape index (κ1) is 21.7. The van der Waals surface area contributed by atoms with E-state index < -0.39 is 0 Å². The molecule has 1 aromatic carbocycles. The second-order valence-electron chi connectivity index (χ2n) is 5.79. The summed E-state index contributed by atoms with van der Waals surface area (Å²) in [6.07, 6.45) is 0. The van der Waals surface area contributed by atoms with Gasteiger partial charge in [-0.25, -0.2) is 14.0 Å². The van der Waals surface area contributed by atoms with Gasteiger partial charge >= 0.3 is 11.7 Å². The van der Waals surface area contributed by atoms with E-state index in [2.05, 4.69) is 20.6 Å². The normalized spacial score (nSPS) is 12.7. The topological polar surface area (TPSA) is 114 Å². The number of ether oxygens (including phenoxy) is 1. The first-order valence-electron chi connectivity index (χ1n) is 8.59. The number of hydrogen-bond acceptors (Lipinski definition) is 9. The highest BCUT2D eigenvalue weighted by molar-refractivity contribution is 6.67. The number of methoxy groups -OCH3 is 1. The van der Waals surface area contributed by atoms with E-state index in [0.717, 1.165) is 0 Å². The molecule has 0 N–H and O–H groups in total. The van der Waals surface area contributed by atoms with Crippen LogP contribution in [0.25, 0.3) is 5.69 Å². The highest BCUT2D eigenvalue weighted by atomic mass is 16.6. The van der Waals surface area contributed by atoms with Crippen LogP contribution in [-0.4, -0.2) is 52.8 Å². The lowest BCUT2D eigenvalue weighted by atomic mass is 10.2. The largest absolute Gasteiger partial charge is 0.467 e. The monoisotopic (exact) mass is 404 g/mol. The van der Waals surface area contributed by atoms with Crippen LogP contribution in [-0.2, 0) is 28.2 Å². The van der Waals surface area contributed by atoms with Gasteiger partial charge in [0.25, 0.3) is 0 Å². The van der Waals surface area contributed by atoms with E-state index in [4.69, 9.17) is 19.2 Å². The number of hydrogen-bond donors (Lipinski definition) is 0. The molecule has 0 radical (unpaired) electrons. The highest BCUT2D eigenvalue weighted by Crippen LogP contribution is 2.18. The van der Waals surface area contributed by atoms with E-state index in [1.165, 1.54) is 30.6 Å². The van der Waals surface area contributed by atoms with Crippen LogP contribution in [0.15, 0.2) is 44.5 Å². The first-order valence-corrected chi connectivity index (χ1v) is 8.59. The molecule has 1 heterocycles. The van der Waals surface area contributed by atoms with Gasteiger partial charge in [0.2, 0.25) is 0 Å². The third-order valence-electron chi connectivity index (χ3n) is 3.83. The van der Waals surface area contributed by atoms with Crippen molar-refractivity contribution in [2.24, 2.45) is 22.5 Å². The van der Waals surface area contributed by atoms with Crippen LogP contribution in [0.5, 0.6) is 6.01 Å². The SMILES string of the molecule is CON=C(C)C(=NOC)C(C)=NOCc1ccccc1-n1c(OC)nn(C)c1=O. The minimum atomic E-state index is -0.338. The Morgan fingerprint density at radius 1 is 1.03 bits per heavy atom. The second kappa shape index (κ2) is 10.1. The van der Waals surface area contributed by atoms with Gasteiger partial charge in [0, 0.05) is 12.6 Å². The van der Waals surface area contributed by atoms with Gasteiger partial charge in [-0.05, 0) is 19.9 Å². The molecule has 0 aliphatic carbocycles. The molecule has 0 amide bonds. The summed E-state index contributed by atoms with van der Waals surface area (Å²) in [7, 11) is 5.85. The number of oxime groups is 3. The van der Waals surface area contributed by atoms with Crippen molar-refractivity contribution in [3.8, 4) is 11.7 Å². The van der Waals surface area contributed by atoms with Gasteiger partial charge in [0.05, 0.1) is 12.8 Å². The second-order valence-corrected chi connectivity index (χ2v) is 5.79. The van der Waals surface area contributed by atoms with Crippen LogP contribution in [0.3, 0.4) is 0 Å². The summed E-state index contributed by atoms with van der Waals surface area (Å²) in [5.41, 5.74) is 2.26. The number of benzene rings is 1. The number of aromatic nitrogens is 3. The van der Waals surface area contributed by atoms with Gasteiger partial charge in [-0.1, -0.05) is 33.7 Å². The lowest BCUT2D eigenvalue weighted by molar-refractivity contribution is 0.130. The van der Waals surface area contributed by atoms with E-state index >= 15 is 0 Å².